The van der Waals surface area contributed by atoms with Crippen molar-refractivity contribution in [1.29, 1.82) is 0 Å². The lowest BCUT2D eigenvalue weighted by Crippen LogP contribution is -2.66. The number of fused-ring (bicyclic) bond motifs is 1. The molecule has 0 amide bonds. The summed E-state index contributed by atoms with van der Waals surface area (Å²) in [4.78, 5) is 0. The first kappa shape index (κ1) is 19.4. The number of aliphatic hydroxyl groups is 5. The van der Waals surface area contributed by atoms with Crippen LogP contribution in [0.2, 0.25) is 0 Å². The molecule has 0 aliphatic carbocycles. The average Bonchev–Trinajstić information content (AvgIpc) is 2.54. The maximum atomic E-state index is 10.4. The highest BCUT2D eigenvalue weighted by atomic mass is 16.8. The molecule has 0 aromatic heterocycles. The Morgan fingerprint density at radius 1 is 0.920 bits per heavy atom. The van der Waals surface area contributed by atoms with Gasteiger partial charge in [-0.3, -0.25) is 0 Å². The Labute approximate surface area is 144 Å². The van der Waals surface area contributed by atoms with Crippen molar-refractivity contribution in [3.63, 3.8) is 0 Å². The van der Waals surface area contributed by atoms with Gasteiger partial charge in [0, 0.05) is 0 Å². The van der Waals surface area contributed by atoms with Crippen LogP contribution in [0.3, 0.4) is 0 Å². The van der Waals surface area contributed by atoms with Gasteiger partial charge in [-0.05, 0) is 20.8 Å². The lowest BCUT2D eigenvalue weighted by molar-refractivity contribution is -0.396. The fraction of sp³-hybridized carbons (Fsp3) is 1.00. The summed E-state index contributed by atoms with van der Waals surface area (Å²) in [5.74, 6) is -0.916. The van der Waals surface area contributed by atoms with Gasteiger partial charge in [0.05, 0.1) is 12.7 Å². The maximum absolute atomic E-state index is 10.4. The Kier molecular flexibility index (Phi) is 5.40. The van der Waals surface area contributed by atoms with Crippen molar-refractivity contribution in [2.45, 2.75) is 88.0 Å². The van der Waals surface area contributed by atoms with E-state index in [9.17, 15) is 25.5 Å². The second-order valence-electron chi connectivity index (χ2n) is 7.13. The van der Waals surface area contributed by atoms with E-state index >= 15 is 0 Å². The molecular weight excluding hydrogens is 340 g/mol. The standard InChI is InChI=1S/C15H26O10/c1-5-11(7(16)9(18)13(20)22-5)24-14-10(19)8(17)12-6(23-14)4-21-15(2,3)25-12/h5-14,16-20H,4H2,1-3H3/t5?,6?,7-,8-,9?,10?,11+,12+,13+,14-/m0/s1. The lowest BCUT2D eigenvalue weighted by atomic mass is 9.96. The second-order valence-corrected chi connectivity index (χ2v) is 7.13. The Balaban J connectivity index is 1.69. The van der Waals surface area contributed by atoms with Gasteiger partial charge < -0.3 is 49.2 Å². The maximum Gasteiger partial charge on any atom is 0.187 e. The van der Waals surface area contributed by atoms with Gasteiger partial charge >= 0.3 is 0 Å². The van der Waals surface area contributed by atoms with Crippen molar-refractivity contribution in [3.8, 4) is 0 Å². The molecule has 0 bridgehead atoms. The summed E-state index contributed by atoms with van der Waals surface area (Å²) in [6.45, 7) is 5.04. The molecule has 0 spiro atoms. The number of ether oxygens (including phenoxy) is 5. The van der Waals surface area contributed by atoms with Crippen LogP contribution in [0.25, 0.3) is 0 Å². The van der Waals surface area contributed by atoms with E-state index in [1.165, 1.54) is 6.92 Å². The first-order valence-electron chi connectivity index (χ1n) is 8.29. The molecule has 10 heteroatoms. The third-order valence-electron chi connectivity index (χ3n) is 4.74. The fourth-order valence-electron chi connectivity index (χ4n) is 3.31. The van der Waals surface area contributed by atoms with Gasteiger partial charge in [0.25, 0.3) is 0 Å². The van der Waals surface area contributed by atoms with E-state index in [0.717, 1.165) is 0 Å². The highest BCUT2D eigenvalue weighted by molar-refractivity contribution is 4.95. The van der Waals surface area contributed by atoms with Gasteiger partial charge in [0.1, 0.15) is 42.7 Å². The molecule has 10 atom stereocenters. The molecule has 3 aliphatic rings. The van der Waals surface area contributed by atoms with Crippen LogP contribution in [0.15, 0.2) is 0 Å². The molecule has 3 aliphatic heterocycles. The molecule has 10 nitrogen and oxygen atoms in total. The lowest BCUT2D eigenvalue weighted by Gasteiger charge is -2.50. The number of rotatable bonds is 2. The van der Waals surface area contributed by atoms with Gasteiger partial charge in [0.15, 0.2) is 18.4 Å². The number of hydrogen-bond donors (Lipinski definition) is 5. The summed E-state index contributed by atoms with van der Waals surface area (Å²) in [5, 5.41) is 50.0. The molecule has 146 valence electrons. The topological polar surface area (TPSA) is 147 Å². The van der Waals surface area contributed by atoms with E-state index in [-0.39, 0.29) is 6.61 Å². The number of hydrogen-bond acceptors (Lipinski definition) is 10. The minimum atomic E-state index is -1.57. The van der Waals surface area contributed by atoms with Crippen LogP contribution < -0.4 is 0 Å². The Morgan fingerprint density at radius 2 is 1.60 bits per heavy atom. The molecule has 3 rings (SSSR count). The fourth-order valence-corrected chi connectivity index (χ4v) is 3.31. The van der Waals surface area contributed by atoms with Crippen LogP contribution in [-0.4, -0.2) is 99.3 Å². The smallest absolute Gasteiger partial charge is 0.187 e. The third-order valence-corrected chi connectivity index (χ3v) is 4.74. The molecule has 5 N–H and O–H groups in total. The van der Waals surface area contributed by atoms with E-state index < -0.39 is 67.2 Å². The highest BCUT2D eigenvalue weighted by Crippen LogP contribution is 2.34. The molecule has 4 unspecified atom stereocenters. The zero-order valence-electron chi connectivity index (χ0n) is 14.3. The third kappa shape index (κ3) is 3.69. The van der Waals surface area contributed by atoms with Crippen molar-refractivity contribution in [1.82, 2.24) is 0 Å². The molecule has 3 heterocycles. The normalized spacial score (nSPS) is 53.3. The van der Waals surface area contributed by atoms with Gasteiger partial charge in [-0.25, -0.2) is 0 Å². The molecule has 25 heavy (non-hydrogen) atoms. The minimum absolute atomic E-state index is 0.127. The van der Waals surface area contributed by atoms with Gasteiger partial charge in [-0.2, -0.15) is 0 Å². The first-order valence-corrected chi connectivity index (χ1v) is 8.29. The van der Waals surface area contributed by atoms with Crippen molar-refractivity contribution in [2.24, 2.45) is 0 Å². The van der Waals surface area contributed by atoms with E-state index in [1.807, 2.05) is 0 Å². The van der Waals surface area contributed by atoms with Gasteiger partial charge in [0.2, 0.25) is 0 Å². The van der Waals surface area contributed by atoms with Crippen LogP contribution in [0.5, 0.6) is 0 Å². The van der Waals surface area contributed by atoms with E-state index in [0.29, 0.717) is 0 Å². The summed E-state index contributed by atoms with van der Waals surface area (Å²) >= 11 is 0. The Morgan fingerprint density at radius 3 is 2.28 bits per heavy atom. The SMILES string of the molecule is CC1O[C@@H](O)C(O)[C@H](O)[C@@H]1O[C@@H]1OC2COC(C)(C)O[C@H]2[C@@H](O)C1O. The van der Waals surface area contributed by atoms with Crippen LogP contribution in [0.4, 0.5) is 0 Å². The largest absolute Gasteiger partial charge is 0.387 e. The summed E-state index contributed by atoms with van der Waals surface area (Å²) in [6, 6.07) is 0. The van der Waals surface area contributed by atoms with Gasteiger partial charge in [-0.15, -0.1) is 0 Å². The summed E-state index contributed by atoms with van der Waals surface area (Å²) in [7, 11) is 0. The molecule has 0 aromatic rings. The molecule has 3 fully saturated rings. The average molecular weight is 366 g/mol. The van der Waals surface area contributed by atoms with E-state index in [1.54, 1.807) is 13.8 Å². The van der Waals surface area contributed by atoms with Crippen molar-refractivity contribution in [3.05, 3.63) is 0 Å². The predicted octanol–water partition coefficient (Wildman–Crippen LogP) is -2.57. The molecular formula is C15H26O10. The molecule has 0 aromatic carbocycles. The minimum Gasteiger partial charge on any atom is -0.387 e. The van der Waals surface area contributed by atoms with E-state index in [4.69, 9.17) is 23.7 Å². The summed E-state index contributed by atoms with van der Waals surface area (Å²) in [5.41, 5.74) is 0. The highest BCUT2D eigenvalue weighted by Gasteiger charge is 2.53. The molecule has 3 saturated heterocycles. The predicted molar refractivity (Wildman–Crippen MR) is 79.0 cm³/mol. The summed E-state index contributed by atoms with van der Waals surface area (Å²) in [6.07, 6.45) is -11.9. The van der Waals surface area contributed by atoms with Gasteiger partial charge in [-0.1, -0.05) is 0 Å². The second kappa shape index (κ2) is 6.97. The van der Waals surface area contributed by atoms with Crippen molar-refractivity contribution >= 4 is 0 Å². The zero-order chi connectivity index (χ0) is 18.5. The summed E-state index contributed by atoms with van der Waals surface area (Å²) < 4.78 is 27.4. The van der Waals surface area contributed by atoms with Crippen LogP contribution >= 0.6 is 0 Å². The van der Waals surface area contributed by atoms with Crippen LogP contribution in [0.1, 0.15) is 20.8 Å². The quantitative estimate of drug-likeness (QED) is 0.353. The van der Waals surface area contributed by atoms with Crippen LogP contribution in [0, 0.1) is 0 Å². The molecule has 0 radical (unpaired) electrons. The molecule has 0 saturated carbocycles. The first-order chi connectivity index (χ1) is 11.6. The number of aliphatic hydroxyl groups excluding tert-OH is 5. The Bertz CT molecular complexity index is 471. The Hall–Kier alpha value is -0.400. The zero-order valence-corrected chi connectivity index (χ0v) is 14.3. The monoisotopic (exact) mass is 366 g/mol. The van der Waals surface area contributed by atoms with Crippen molar-refractivity contribution in [2.75, 3.05) is 6.61 Å². The van der Waals surface area contributed by atoms with E-state index in [2.05, 4.69) is 0 Å². The van der Waals surface area contributed by atoms with Crippen molar-refractivity contribution < 1.29 is 49.2 Å². The van der Waals surface area contributed by atoms with Crippen LogP contribution in [-0.2, 0) is 23.7 Å².